The third-order valence-electron chi connectivity index (χ3n) is 3.56. The van der Waals surface area contributed by atoms with Crippen LogP contribution in [0, 0.1) is 5.41 Å². The second-order valence-electron chi connectivity index (χ2n) is 7.42. The van der Waals surface area contributed by atoms with E-state index in [4.69, 9.17) is 0 Å². The molecule has 0 spiro atoms. The molecule has 2 nitrogen and oxygen atoms in total. The lowest BCUT2D eigenvalue weighted by molar-refractivity contribution is 0.158. The van der Waals surface area contributed by atoms with Gasteiger partial charge in [0.15, 0.2) is 0 Å². The average Bonchev–Trinajstić information content (AvgIpc) is 2.78. The molecule has 1 heterocycles. The van der Waals surface area contributed by atoms with Gasteiger partial charge in [-0.05, 0) is 51.1 Å². The second kappa shape index (κ2) is 7.58. The maximum absolute atomic E-state index is 3.69. The molecule has 1 aromatic heterocycles. The van der Waals surface area contributed by atoms with Crippen LogP contribution in [-0.2, 0) is 6.54 Å². The van der Waals surface area contributed by atoms with E-state index >= 15 is 0 Å². The van der Waals surface area contributed by atoms with Gasteiger partial charge in [0.05, 0.1) is 0 Å². The van der Waals surface area contributed by atoms with E-state index in [0.717, 1.165) is 19.6 Å². The van der Waals surface area contributed by atoms with Gasteiger partial charge in [-0.2, -0.15) is 0 Å². The molecule has 0 fully saturated rings. The first-order valence-corrected chi connectivity index (χ1v) is 8.58. The van der Waals surface area contributed by atoms with E-state index in [2.05, 4.69) is 69.4 Å². The first kappa shape index (κ1) is 17.7. The molecule has 3 heteroatoms. The largest absolute Gasteiger partial charge is 0.311 e. The molecule has 1 atom stereocenters. The van der Waals surface area contributed by atoms with Crippen LogP contribution in [-0.4, -0.2) is 30.6 Å². The van der Waals surface area contributed by atoms with Crippen molar-refractivity contribution in [1.82, 2.24) is 10.2 Å². The first-order chi connectivity index (χ1) is 9.24. The molecule has 1 rings (SSSR count). The van der Waals surface area contributed by atoms with Crippen LogP contribution in [0.1, 0.15) is 52.3 Å². The zero-order valence-corrected chi connectivity index (χ0v) is 14.9. The summed E-state index contributed by atoms with van der Waals surface area (Å²) in [6.07, 6.45) is 2.51. The van der Waals surface area contributed by atoms with E-state index < -0.39 is 0 Å². The summed E-state index contributed by atoms with van der Waals surface area (Å²) in [5, 5.41) is 5.85. The molecule has 0 aromatic carbocycles. The molecular formula is C17H32N2S. The Balaban J connectivity index is 2.55. The Bertz CT molecular complexity index is 367. The van der Waals surface area contributed by atoms with Gasteiger partial charge in [-0.1, -0.05) is 26.3 Å². The molecule has 0 saturated heterocycles. The third kappa shape index (κ3) is 6.87. The van der Waals surface area contributed by atoms with Crippen LogP contribution in [0.15, 0.2) is 17.5 Å². The van der Waals surface area contributed by atoms with Gasteiger partial charge >= 0.3 is 0 Å². The number of thiophene rings is 1. The van der Waals surface area contributed by atoms with Gasteiger partial charge in [0.25, 0.3) is 0 Å². The smallest absolute Gasteiger partial charge is 0.0325 e. The van der Waals surface area contributed by atoms with Gasteiger partial charge in [-0.3, -0.25) is 0 Å². The highest BCUT2D eigenvalue weighted by Crippen LogP contribution is 2.25. The van der Waals surface area contributed by atoms with Crippen LogP contribution in [0.2, 0.25) is 0 Å². The number of hydrogen-bond acceptors (Lipinski definition) is 3. The van der Waals surface area contributed by atoms with Crippen LogP contribution in [0.5, 0.6) is 0 Å². The van der Waals surface area contributed by atoms with Gasteiger partial charge in [-0.15, -0.1) is 11.3 Å². The lowest BCUT2D eigenvalue weighted by Crippen LogP contribution is -2.46. The van der Waals surface area contributed by atoms with E-state index in [1.807, 2.05) is 11.3 Å². The zero-order valence-electron chi connectivity index (χ0n) is 14.1. The summed E-state index contributed by atoms with van der Waals surface area (Å²) in [4.78, 5) is 3.92. The van der Waals surface area contributed by atoms with Crippen LogP contribution < -0.4 is 5.32 Å². The van der Waals surface area contributed by atoms with Crippen molar-refractivity contribution in [3.8, 4) is 0 Å². The molecular weight excluding hydrogens is 264 g/mol. The summed E-state index contributed by atoms with van der Waals surface area (Å²) in [6.45, 7) is 14.7. The van der Waals surface area contributed by atoms with E-state index in [1.165, 1.54) is 17.7 Å². The van der Waals surface area contributed by atoms with Crippen molar-refractivity contribution in [3.63, 3.8) is 0 Å². The van der Waals surface area contributed by atoms with E-state index in [1.54, 1.807) is 0 Å². The highest BCUT2D eigenvalue weighted by Gasteiger charge is 2.26. The minimum Gasteiger partial charge on any atom is -0.311 e. The van der Waals surface area contributed by atoms with Crippen molar-refractivity contribution in [2.24, 2.45) is 5.41 Å². The summed E-state index contributed by atoms with van der Waals surface area (Å²) >= 11 is 1.85. The van der Waals surface area contributed by atoms with Gasteiger partial charge in [-0.25, -0.2) is 0 Å². The Morgan fingerprint density at radius 2 is 1.95 bits per heavy atom. The maximum atomic E-state index is 3.69. The van der Waals surface area contributed by atoms with E-state index in [-0.39, 0.29) is 5.54 Å². The summed E-state index contributed by atoms with van der Waals surface area (Å²) in [6, 6.07) is 4.37. The molecule has 1 unspecified atom stereocenters. The molecule has 0 aliphatic rings. The highest BCUT2D eigenvalue weighted by molar-refractivity contribution is 7.09. The Labute approximate surface area is 129 Å². The minimum absolute atomic E-state index is 0.196. The van der Waals surface area contributed by atoms with Gasteiger partial charge in [0, 0.05) is 30.1 Å². The van der Waals surface area contributed by atoms with Gasteiger partial charge < -0.3 is 10.2 Å². The maximum Gasteiger partial charge on any atom is 0.0325 e. The van der Waals surface area contributed by atoms with Crippen LogP contribution in [0.3, 0.4) is 0 Å². The highest BCUT2D eigenvalue weighted by atomic mass is 32.1. The van der Waals surface area contributed by atoms with Gasteiger partial charge in [0.2, 0.25) is 0 Å². The van der Waals surface area contributed by atoms with Crippen LogP contribution >= 0.6 is 11.3 Å². The number of hydrogen-bond donors (Lipinski definition) is 1. The van der Waals surface area contributed by atoms with Crippen molar-refractivity contribution >= 4 is 11.3 Å². The van der Waals surface area contributed by atoms with Crippen LogP contribution in [0.25, 0.3) is 0 Å². The lowest BCUT2D eigenvalue weighted by atomic mass is 9.84. The summed E-state index contributed by atoms with van der Waals surface area (Å²) in [5.41, 5.74) is 0.537. The van der Waals surface area contributed by atoms with E-state index in [9.17, 15) is 0 Å². The minimum atomic E-state index is 0.196. The molecule has 0 saturated carbocycles. The zero-order chi connectivity index (χ0) is 15.2. The van der Waals surface area contributed by atoms with Crippen molar-refractivity contribution in [1.29, 1.82) is 0 Å². The second-order valence-corrected chi connectivity index (χ2v) is 8.45. The monoisotopic (exact) mass is 296 g/mol. The Morgan fingerprint density at radius 1 is 1.25 bits per heavy atom. The lowest BCUT2D eigenvalue weighted by Gasteiger charge is -2.36. The van der Waals surface area contributed by atoms with Crippen molar-refractivity contribution in [2.75, 3.05) is 20.1 Å². The average molecular weight is 297 g/mol. The standard InChI is InChI=1S/C17H32N2S/c1-7-10-17(5,13-18-16(2,3)4)14-19(6)12-15-9-8-11-20-15/h8-9,11,18H,7,10,12-14H2,1-6H3. The topological polar surface area (TPSA) is 15.3 Å². The fourth-order valence-corrected chi connectivity index (χ4v) is 3.47. The van der Waals surface area contributed by atoms with Crippen molar-refractivity contribution in [2.45, 2.75) is 59.5 Å². The quantitative estimate of drug-likeness (QED) is 0.766. The normalized spacial score (nSPS) is 15.6. The predicted molar refractivity (Wildman–Crippen MR) is 91.4 cm³/mol. The Hall–Kier alpha value is -0.380. The third-order valence-corrected chi connectivity index (χ3v) is 4.42. The summed E-state index contributed by atoms with van der Waals surface area (Å²) in [5.74, 6) is 0. The van der Waals surface area contributed by atoms with Crippen molar-refractivity contribution in [3.05, 3.63) is 22.4 Å². The molecule has 0 radical (unpaired) electrons. The van der Waals surface area contributed by atoms with Crippen LogP contribution in [0.4, 0.5) is 0 Å². The molecule has 0 aliphatic heterocycles. The van der Waals surface area contributed by atoms with Gasteiger partial charge in [0.1, 0.15) is 0 Å². The molecule has 20 heavy (non-hydrogen) atoms. The Morgan fingerprint density at radius 3 is 2.45 bits per heavy atom. The van der Waals surface area contributed by atoms with E-state index in [0.29, 0.717) is 5.41 Å². The molecule has 1 aromatic rings. The SMILES string of the molecule is CCCC(C)(CNC(C)(C)C)CN(C)Cc1cccs1. The summed E-state index contributed by atoms with van der Waals surface area (Å²) in [7, 11) is 2.24. The molecule has 0 amide bonds. The summed E-state index contributed by atoms with van der Waals surface area (Å²) < 4.78 is 0. The molecule has 0 aliphatic carbocycles. The Kier molecular flexibility index (Phi) is 6.70. The predicted octanol–water partition coefficient (Wildman–Crippen LogP) is 4.37. The number of nitrogens with one attached hydrogen (secondary N) is 1. The number of rotatable bonds is 8. The van der Waals surface area contributed by atoms with Crippen molar-refractivity contribution < 1.29 is 0 Å². The fourth-order valence-electron chi connectivity index (χ4n) is 2.68. The fraction of sp³-hybridized carbons (Fsp3) is 0.765. The first-order valence-electron chi connectivity index (χ1n) is 7.70. The molecule has 116 valence electrons. The number of nitrogens with zero attached hydrogens (tertiary/aromatic N) is 1. The molecule has 1 N–H and O–H groups in total. The molecule has 0 bridgehead atoms.